The minimum absolute atomic E-state index is 0.408. The lowest BCUT2D eigenvalue weighted by Crippen LogP contribution is -2.39. The zero-order chi connectivity index (χ0) is 10.3. The monoisotopic (exact) mass is 209 g/mol. The minimum Gasteiger partial charge on any atom is -0.380 e. The molecule has 2 heterocycles. The quantitative estimate of drug-likeness (QED) is 0.743. The molecule has 15 heavy (non-hydrogen) atoms. The molecule has 2 N–H and O–H groups in total. The maximum Gasteiger partial charge on any atom is 0.258 e. The van der Waals surface area contributed by atoms with Crippen LogP contribution in [0.3, 0.4) is 0 Å². The molecular weight excluding hydrogens is 194 g/mol. The zero-order valence-corrected chi connectivity index (χ0v) is 8.57. The first kappa shape index (κ1) is 9.30. The van der Waals surface area contributed by atoms with E-state index < -0.39 is 5.60 Å². The number of hydrogen-bond acceptors (Lipinski definition) is 5. The molecule has 0 radical (unpaired) electrons. The van der Waals surface area contributed by atoms with Gasteiger partial charge in [-0.15, -0.1) is 0 Å². The number of nitrogens with zero attached hydrogens (tertiary/aromatic N) is 2. The summed E-state index contributed by atoms with van der Waals surface area (Å²) in [4.78, 5) is 4.31. The highest BCUT2D eigenvalue weighted by Crippen LogP contribution is 2.39. The van der Waals surface area contributed by atoms with Gasteiger partial charge in [0.15, 0.2) is 5.82 Å². The van der Waals surface area contributed by atoms with Crippen LogP contribution in [0.15, 0.2) is 4.52 Å². The zero-order valence-electron chi connectivity index (χ0n) is 8.57. The summed E-state index contributed by atoms with van der Waals surface area (Å²) in [5, 5.41) is 17.5. The SMILES string of the molecule is OC1(c2nc(C3CC3)no2)CCNCC1. The van der Waals surface area contributed by atoms with Crippen molar-refractivity contribution in [1.29, 1.82) is 0 Å². The summed E-state index contributed by atoms with van der Waals surface area (Å²) in [6, 6.07) is 0. The lowest BCUT2D eigenvalue weighted by molar-refractivity contribution is -0.0228. The summed E-state index contributed by atoms with van der Waals surface area (Å²) in [5.41, 5.74) is -0.897. The van der Waals surface area contributed by atoms with Gasteiger partial charge in [0.1, 0.15) is 5.60 Å². The van der Waals surface area contributed by atoms with Gasteiger partial charge in [0.25, 0.3) is 5.89 Å². The van der Waals surface area contributed by atoms with Crippen molar-refractivity contribution in [3.63, 3.8) is 0 Å². The molecule has 1 aliphatic carbocycles. The van der Waals surface area contributed by atoms with Crippen molar-refractivity contribution in [1.82, 2.24) is 15.5 Å². The van der Waals surface area contributed by atoms with Crippen LogP contribution in [0.4, 0.5) is 0 Å². The fraction of sp³-hybridized carbons (Fsp3) is 0.800. The highest BCUT2D eigenvalue weighted by molar-refractivity contribution is 5.07. The van der Waals surface area contributed by atoms with Crippen LogP contribution < -0.4 is 5.32 Å². The Kier molecular flexibility index (Phi) is 2.03. The summed E-state index contributed by atoms with van der Waals surface area (Å²) >= 11 is 0. The molecule has 0 bridgehead atoms. The standard InChI is InChI=1S/C10H15N3O2/c14-10(3-5-11-6-4-10)9-12-8(13-15-9)7-1-2-7/h7,11,14H,1-6H2. The maximum atomic E-state index is 10.3. The summed E-state index contributed by atoms with van der Waals surface area (Å²) in [7, 11) is 0. The first-order chi connectivity index (χ1) is 7.28. The second kappa shape index (κ2) is 3.28. The first-order valence-corrected chi connectivity index (χ1v) is 5.55. The average Bonchev–Trinajstić information content (AvgIpc) is 2.97. The van der Waals surface area contributed by atoms with E-state index in [2.05, 4.69) is 15.5 Å². The molecule has 1 aromatic heterocycles. The van der Waals surface area contributed by atoms with Crippen molar-refractivity contribution < 1.29 is 9.63 Å². The van der Waals surface area contributed by atoms with Crippen LogP contribution in [0.5, 0.6) is 0 Å². The van der Waals surface area contributed by atoms with Gasteiger partial charge in [-0.2, -0.15) is 4.98 Å². The normalized spacial score (nSPS) is 25.4. The molecule has 0 aromatic carbocycles. The molecule has 0 spiro atoms. The number of aliphatic hydroxyl groups is 1. The fourth-order valence-electron chi connectivity index (χ4n) is 1.99. The van der Waals surface area contributed by atoms with Crippen LogP contribution in [0.2, 0.25) is 0 Å². The third kappa shape index (κ3) is 1.66. The van der Waals surface area contributed by atoms with Gasteiger partial charge in [-0.3, -0.25) is 0 Å². The molecule has 0 amide bonds. The van der Waals surface area contributed by atoms with Crippen LogP contribution >= 0.6 is 0 Å². The third-order valence-electron chi connectivity index (χ3n) is 3.21. The van der Waals surface area contributed by atoms with E-state index in [9.17, 15) is 5.11 Å². The van der Waals surface area contributed by atoms with Crippen LogP contribution in [-0.4, -0.2) is 28.3 Å². The number of nitrogens with one attached hydrogen (secondary N) is 1. The molecule has 1 aromatic rings. The fourth-order valence-corrected chi connectivity index (χ4v) is 1.99. The largest absolute Gasteiger partial charge is 0.380 e. The van der Waals surface area contributed by atoms with Crippen molar-refractivity contribution >= 4 is 0 Å². The van der Waals surface area contributed by atoms with Crippen molar-refractivity contribution in [2.75, 3.05) is 13.1 Å². The predicted octanol–water partition coefficient (Wildman–Crippen LogP) is 0.518. The van der Waals surface area contributed by atoms with E-state index in [-0.39, 0.29) is 0 Å². The Balaban J connectivity index is 1.83. The summed E-state index contributed by atoms with van der Waals surface area (Å²) < 4.78 is 5.17. The molecule has 1 saturated carbocycles. The van der Waals surface area contributed by atoms with Crippen molar-refractivity contribution in [3.05, 3.63) is 11.7 Å². The van der Waals surface area contributed by atoms with Gasteiger partial charge < -0.3 is 14.9 Å². The van der Waals surface area contributed by atoms with E-state index in [1.807, 2.05) is 0 Å². The summed E-state index contributed by atoms with van der Waals surface area (Å²) in [6.45, 7) is 1.61. The van der Waals surface area contributed by atoms with Crippen molar-refractivity contribution in [2.45, 2.75) is 37.2 Å². The smallest absolute Gasteiger partial charge is 0.258 e. The van der Waals surface area contributed by atoms with E-state index in [1.165, 1.54) is 0 Å². The van der Waals surface area contributed by atoms with Crippen LogP contribution in [0, 0.1) is 0 Å². The van der Waals surface area contributed by atoms with Gasteiger partial charge in [-0.05, 0) is 38.8 Å². The van der Waals surface area contributed by atoms with Gasteiger partial charge in [0, 0.05) is 5.92 Å². The van der Waals surface area contributed by atoms with Gasteiger partial charge in [-0.25, -0.2) is 0 Å². The number of aromatic nitrogens is 2. The third-order valence-corrected chi connectivity index (χ3v) is 3.21. The van der Waals surface area contributed by atoms with Crippen LogP contribution in [0.25, 0.3) is 0 Å². The molecule has 2 aliphatic rings. The Morgan fingerprint density at radius 3 is 2.73 bits per heavy atom. The van der Waals surface area contributed by atoms with Crippen LogP contribution in [0.1, 0.15) is 43.3 Å². The molecule has 0 unspecified atom stereocenters. The minimum atomic E-state index is -0.897. The van der Waals surface area contributed by atoms with E-state index in [0.717, 1.165) is 31.8 Å². The van der Waals surface area contributed by atoms with Gasteiger partial charge in [0.2, 0.25) is 0 Å². The number of rotatable bonds is 2. The van der Waals surface area contributed by atoms with E-state index in [0.29, 0.717) is 24.7 Å². The highest BCUT2D eigenvalue weighted by Gasteiger charge is 2.38. The molecule has 5 heteroatoms. The second-order valence-corrected chi connectivity index (χ2v) is 4.51. The Hall–Kier alpha value is -0.940. The molecule has 5 nitrogen and oxygen atoms in total. The van der Waals surface area contributed by atoms with E-state index in [4.69, 9.17) is 4.52 Å². The van der Waals surface area contributed by atoms with Crippen molar-refractivity contribution in [2.24, 2.45) is 0 Å². The molecule has 1 aliphatic heterocycles. The average molecular weight is 209 g/mol. The first-order valence-electron chi connectivity index (χ1n) is 5.55. The van der Waals surface area contributed by atoms with E-state index >= 15 is 0 Å². The summed E-state index contributed by atoms with van der Waals surface area (Å²) in [6.07, 6.45) is 3.61. The number of hydrogen-bond donors (Lipinski definition) is 2. The van der Waals surface area contributed by atoms with Gasteiger partial charge in [-0.1, -0.05) is 5.16 Å². The molecule has 3 rings (SSSR count). The molecule has 82 valence electrons. The molecule has 1 saturated heterocycles. The topological polar surface area (TPSA) is 71.2 Å². The van der Waals surface area contributed by atoms with Crippen molar-refractivity contribution in [3.8, 4) is 0 Å². The number of piperidine rings is 1. The Morgan fingerprint density at radius 1 is 1.33 bits per heavy atom. The second-order valence-electron chi connectivity index (χ2n) is 4.51. The van der Waals surface area contributed by atoms with E-state index in [1.54, 1.807) is 0 Å². The Bertz CT molecular complexity index is 353. The lowest BCUT2D eigenvalue weighted by atomic mass is 9.92. The molecule has 2 fully saturated rings. The maximum absolute atomic E-state index is 10.3. The predicted molar refractivity (Wildman–Crippen MR) is 52.3 cm³/mol. The van der Waals surface area contributed by atoms with Gasteiger partial charge in [0.05, 0.1) is 0 Å². The Morgan fingerprint density at radius 2 is 2.07 bits per heavy atom. The lowest BCUT2D eigenvalue weighted by Gasteiger charge is -2.28. The summed E-state index contributed by atoms with van der Waals surface area (Å²) in [5.74, 6) is 1.66. The molecule has 0 atom stereocenters. The Labute approximate surface area is 87.9 Å². The highest BCUT2D eigenvalue weighted by atomic mass is 16.5. The van der Waals surface area contributed by atoms with Gasteiger partial charge >= 0.3 is 0 Å². The molecular formula is C10H15N3O2. The van der Waals surface area contributed by atoms with Crippen LogP contribution in [-0.2, 0) is 5.60 Å².